The fourth-order valence-corrected chi connectivity index (χ4v) is 2.69. The van der Waals surface area contributed by atoms with Gasteiger partial charge in [-0.05, 0) is 19.1 Å². The number of fused-ring (bicyclic) bond motifs is 1. The summed E-state index contributed by atoms with van der Waals surface area (Å²) in [5.74, 6) is 0.560. The van der Waals surface area contributed by atoms with E-state index < -0.39 is 17.8 Å². The van der Waals surface area contributed by atoms with Gasteiger partial charge < -0.3 is 4.74 Å². The lowest BCUT2D eigenvalue weighted by atomic mass is 10.2. The maximum atomic E-state index is 13.2. The van der Waals surface area contributed by atoms with Gasteiger partial charge in [-0.2, -0.15) is 13.2 Å². The number of pyridine rings is 1. The maximum absolute atomic E-state index is 13.2. The number of ether oxygens (including phenoxy) is 1. The van der Waals surface area contributed by atoms with Crippen LogP contribution in [0.2, 0.25) is 0 Å². The number of alkyl halides is 3. The Hall–Kier alpha value is -4.09. The van der Waals surface area contributed by atoms with E-state index in [4.69, 9.17) is 4.74 Å². The van der Waals surface area contributed by atoms with Crippen molar-refractivity contribution in [3.63, 3.8) is 0 Å². The molecule has 0 aromatic carbocycles. The molecule has 12 heteroatoms. The standard InChI is InChI=1S/C18H12F3N7O2/c1-10-14(8-25-16(26-10)15-23-4-2-5-24-15)30-17(29)27-28-9-12(18(19,20)21)11-7-22-6-3-13(11)28/h2-9H,1H3,(H,27,29). The van der Waals surface area contributed by atoms with E-state index in [1.54, 1.807) is 13.0 Å². The van der Waals surface area contributed by atoms with E-state index >= 15 is 0 Å². The smallest absolute Gasteiger partial charge is 0.406 e. The van der Waals surface area contributed by atoms with Gasteiger partial charge in [0.25, 0.3) is 0 Å². The highest BCUT2D eigenvalue weighted by atomic mass is 19.4. The average Bonchev–Trinajstić information content (AvgIpc) is 3.09. The van der Waals surface area contributed by atoms with E-state index in [1.807, 2.05) is 0 Å². The molecule has 152 valence electrons. The van der Waals surface area contributed by atoms with Gasteiger partial charge in [-0.25, -0.2) is 30.2 Å². The van der Waals surface area contributed by atoms with Gasteiger partial charge in [0.05, 0.1) is 23.0 Å². The number of halogens is 3. The second-order valence-electron chi connectivity index (χ2n) is 6.02. The Labute approximate surface area is 166 Å². The Morgan fingerprint density at radius 2 is 1.87 bits per heavy atom. The van der Waals surface area contributed by atoms with Gasteiger partial charge in [-0.3, -0.25) is 9.66 Å². The molecule has 30 heavy (non-hydrogen) atoms. The first-order valence-electron chi connectivity index (χ1n) is 8.45. The summed E-state index contributed by atoms with van der Waals surface area (Å²) >= 11 is 0. The van der Waals surface area contributed by atoms with Crippen LogP contribution in [0, 0.1) is 6.92 Å². The molecule has 4 aromatic rings. The normalized spacial score (nSPS) is 11.5. The van der Waals surface area contributed by atoms with Gasteiger partial charge in [0.15, 0.2) is 17.4 Å². The molecule has 0 saturated heterocycles. The van der Waals surface area contributed by atoms with Gasteiger partial charge in [0.2, 0.25) is 0 Å². The molecule has 0 aliphatic heterocycles. The number of carbonyl (C=O) groups excluding carboxylic acids is 1. The van der Waals surface area contributed by atoms with E-state index in [1.165, 1.54) is 30.9 Å². The predicted octanol–water partition coefficient (Wildman–Crippen LogP) is 3.35. The summed E-state index contributed by atoms with van der Waals surface area (Å²) in [6.07, 6.45) is 1.83. The first-order chi connectivity index (χ1) is 14.3. The van der Waals surface area contributed by atoms with Crippen molar-refractivity contribution < 1.29 is 22.7 Å². The quantitative estimate of drug-likeness (QED) is 0.547. The van der Waals surface area contributed by atoms with Gasteiger partial charge in [-0.1, -0.05) is 0 Å². The molecule has 0 fully saturated rings. The Kier molecular flexibility index (Phi) is 4.74. The fourth-order valence-electron chi connectivity index (χ4n) is 2.69. The largest absolute Gasteiger partial charge is 0.432 e. The second-order valence-corrected chi connectivity index (χ2v) is 6.02. The van der Waals surface area contributed by atoms with Crippen LogP contribution in [0.4, 0.5) is 18.0 Å². The second kappa shape index (κ2) is 7.39. The first-order valence-corrected chi connectivity index (χ1v) is 8.45. The third-order valence-corrected chi connectivity index (χ3v) is 4.03. The molecule has 0 atom stereocenters. The van der Waals surface area contributed by atoms with Crippen molar-refractivity contribution in [2.75, 3.05) is 5.43 Å². The molecule has 0 saturated carbocycles. The molecule has 0 bridgehead atoms. The van der Waals surface area contributed by atoms with Crippen LogP contribution in [0.1, 0.15) is 11.3 Å². The number of hydrogen-bond donors (Lipinski definition) is 1. The van der Waals surface area contributed by atoms with Crippen LogP contribution in [0.15, 0.2) is 49.3 Å². The Morgan fingerprint density at radius 1 is 1.10 bits per heavy atom. The lowest BCUT2D eigenvalue weighted by Gasteiger charge is -2.10. The van der Waals surface area contributed by atoms with E-state index in [2.05, 4.69) is 30.3 Å². The van der Waals surface area contributed by atoms with Gasteiger partial charge >= 0.3 is 12.3 Å². The summed E-state index contributed by atoms with van der Waals surface area (Å²) in [5.41, 5.74) is 1.74. The molecule has 1 N–H and O–H groups in total. The van der Waals surface area contributed by atoms with Crippen LogP contribution in [-0.4, -0.2) is 35.7 Å². The molecule has 1 amide bonds. The summed E-state index contributed by atoms with van der Waals surface area (Å²) < 4.78 is 45.8. The lowest BCUT2D eigenvalue weighted by Crippen LogP contribution is -2.26. The van der Waals surface area contributed by atoms with Gasteiger partial charge in [-0.15, -0.1) is 0 Å². The Morgan fingerprint density at radius 3 is 2.57 bits per heavy atom. The van der Waals surface area contributed by atoms with E-state index in [0.29, 0.717) is 11.5 Å². The number of hydrogen-bond acceptors (Lipinski definition) is 7. The molecule has 0 radical (unpaired) electrons. The molecule has 4 heterocycles. The summed E-state index contributed by atoms with van der Waals surface area (Å²) in [5, 5.41) is -0.156. The monoisotopic (exact) mass is 415 g/mol. The van der Waals surface area contributed by atoms with Crippen LogP contribution in [0.3, 0.4) is 0 Å². The number of amides is 1. The number of nitrogens with zero attached hydrogens (tertiary/aromatic N) is 6. The number of aryl methyl sites for hydroxylation is 1. The summed E-state index contributed by atoms with van der Waals surface area (Å²) in [4.78, 5) is 32.3. The SMILES string of the molecule is Cc1nc(-c2ncccn2)ncc1OC(=O)Nn1cc(C(F)(F)F)c2cnccc21. The van der Waals surface area contributed by atoms with Crippen LogP contribution in [0.25, 0.3) is 22.6 Å². The fraction of sp³-hybridized carbons (Fsp3) is 0.111. The maximum Gasteiger partial charge on any atom is 0.432 e. The molecule has 0 unspecified atom stereocenters. The molecule has 0 aliphatic rings. The predicted molar refractivity (Wildman–Crippen MR) is 97.9 cm³/mol. The summed E-state index contributed by atoms with van der Waals surface area (Å²) in [6, 6.07) is 2.98. The van der Waals surface area contributed by atoms with Gasteiger partial charge in [0.1, 0.15) is 0 Å². The van der Waals surface area contributed by atoms with Crippen LogP contribution >= 0.6 is 0 Å². The van der Waals surface area contributed by atoms with Crippen LogP contribution in [-0.2, 0) is 6.18 Å². The minimum absolute atomic E-state index is 0.0290. The highest BCUT2D eigenvalue weighted by Crippen LogP contribution is 2.35. The van der Waals surface area contributed by atoms with Crippen molar-refractivity contribution in [3.8, 4) is 17.4 Å². The zero-order valence-corrected chi connectivity index (χ0v) is 15.3. The molecular formula is C18H12F3N7O2. The number of aromatic nitrogens is 6. The third-order valence-electron chi connectivity index (χ3n) is 4.03. The molecule has 9 nitrogen and oxygen atoms in total. The summed E-state index contributed by atoms with van der Waals surface area (Å²) in [6.45, 7) is 1.58. The molecule has 0 spiro atoms. The third kappa shape index (κ3) is 3.74. The number of rotatable bonds is 3. The summed E-state index contributed by atoms with van der Waals surface area (Å²) in [7, 11) is 0. The highest BCUT2D eigenvalue weighted by Gasteiger charge is 2.35. The lowest BCUT2D eigenvalue weighted by molar-refractivity contribution is -0.136. The number of nitrogens with one attached hydrogen (secondary N) is 1. The van der Waals surface area contributed by atoms with Crippen molar-refractivity contribution in [2.24, 2.45) is 0 Å². The van der Waals surface area contributed by atoms with E-state index in [9.17, 15) is 18.0 Å². The topological polar surface area (TPSA) is 108 Å². The van der Waals surface area contributed by atoms with Crippen molar-refractivity contribution in [1.29, 1.82) is 0 Å². The minimum atomic E-state index is -4.61. The van der Waals surface area contributed by atoms with Crippen molar-refractivity contribution >= 4 is 17.0 Å². The Balaban J connectivity index is 1.56. The zero-order chi connectivity index (χ0) is 21.3. The average molecular weight is 415 g/mol. The Bertz CT molecular complexity index is 1230. The highest BCUT2D eigenvalue weighted by molar-refractivity contribution is 5.87. The molecular weight excluding hydrogens is 403 g/mol. The molecule has 4 rings (SSSR count). The van der Waals surface area contributed by atoms with Gasteiger partial charge in [0, 0.05) is 36.4 Å². The van der Waals surface area contributed by atoms with Crippen LogP contribution < -0.4 is 10.2 Å². The zero-order valence-electron chi connectivity index (χ0n) is 15.3. The van der Waals surface area contributed by atoms with Crippen molar-refractivity contribution in [3.05, 3.63) is 60.6 Å². The van der Waals surface area contributed by atoms with E-state index in [-0.39, 0.29) is 22.5 Å². The van der Waals surface area contributed by atoms with Crippen molar-refractivity contribution in [1.82, 2.24) is 29.6 Å². The molecule has 4 aromatic heterocycles. The van der Waals surface area contributed by atoms with Crippen molar-refractivity contribution in [2.45, 2.75) is 13.1 Å². The van der Waals surface area contributed by atoms with Crippen LogP contribution in [0.5, 0.6) is 5.75 Å². The van der Waals surface area contributed by atoms with E-state index in [0.717, 1.165) is 17.1 Å². The minimum Gasteiger partial charge on any atom is -0.406 e. The number of carbonyl (C=O) groups is 1. The molecule has 0 aliphatic carbocycles. The first kappa shape index (κ1) is 19.2.